The number of nitrogens with zero attached hydrogens (tertiary/aromatic N) is 2. The molecule has 4 aromatic carbocycles. The fourth-order valence-electron chi connectivity index (χ4n) is 4.42. The van der Waals surface area contributed by atoms with E-state index in [2.05, 4.69) is 15.6 Å². The van der Waals surface area contributed by atoms with Crippen molar-refractivity contribution in [3.05, 3.63) is 106 Å². The van der Waals surface area contributed by atoms with Crippen molar-refractivity contribution in [2.24, 2.45) is 0 Å². The maximum Gasteiger partial charge on any atom is 0.325 e. The maximum atomic E-state index is 12.2. The second-order valence-corrected chi connectivity index (χ2v) is 10.4. The van der Waals surface area contributed by atoms with Crippen molar-refractivity contribution in [1.82, 2.24) is 15.6 Å². The summed E-state index contributed by atoms with van der Waals surface area (Å²) in [6, 6.07) is 23.6. The van der Waals surface area contributed by atoms with Crippen LogP contribution in [0, 0.1) is 0 Å². The molecule has 0 unspecified atom stereocenters. The van der Waals surface area contributed by atoms with Crippen molar-refractivity contribution in [2.75, 3.05) is 13.2 Å². The van der Waals surface area contributed by atoms with Crippen molar-refractivity contribution >= 4 is 40.2 Å². The Balaban J connectivity index is 1.38. The van der Waals surface area contributed by atoms with Crippen molar-refractivity contribution in [1.29, 1.82) is 0 Å². The number of hydrogen-bond donors (Lipinski definition) is 2. The number of benzene rings is 4. The molecule has 11 heteroatoms. The van der Waals surface area contributed by atoms with Crippen LogP contribution in [0.5, 0.6) is 11.5 Å². The maximum absolute atomic E-state index is 12.2. The number of halogens is 2. The SMILES string of the molecule is CCOC(=O)[C@@H](CO)NCc1cc(Cl)c(OCc2cccc(-c3ccccc3)c2Cl)cc1OCc1ccc2nonc2c1. The number of aromatic nitrogens is 2. The molecule has 5 rings (SSSR count). The van der Waals surface area contributed by atoms with E-state index in [0.717, 1.165) is 22.3 Å². The fourth-order valence-corrected chi connectivity index (χ4v) is 4.95. The summed E-state index contributed by atoms with van der Waals surface area (Å²) in [7, 11) is 0. The third-order valence-corrected chi connectivity index (χ3v) is 7.41. The molecule has 222 valence electrons. The molecule has 2 N–H and O–H groups in total. The Hall–Kier alpha value is -4.15. The van der Waals surface area contributed by atoms with E-state index in [0.29, 0.717) is 38.1 Å². The Morgan fingerprint density at radius 1 is 0.907 bits per heavy atom. The van der Waals surface area contributed by atoms with Crippen LogP contribution in [0.1, 0.15) is 23.6 Å². The first-order chi connectivity index (χ1) is 21.0. The molecule has 0 spiro atoms. The number of carbonyl (C=O) groups is 1. The summed E-state index contributed by atoms with van der Waals surface area (Å²) in [4.78, 5) is 12.2. The molecule has 43 heavy (non-hydrogen) atoms. The van der Waals surface area contributed by atoms with Crippen LogP contribution in [0.2, 0.25) is 10.0 Å². The summed E-state index contributed by atoms with van der Waals surface area (Å²) in [5.74, 6) is 0.305. The third-order valence-electron chi connectivity index (χ3n) is 6.67. The van der Waals surface area contributed by atoms with Crippen LogP contribution in [0.3, 0.4) is 0 Å². The lowest BCUT2D eigenvalue weighted by molar-refractivity contribution is -0.146. The van der Waals surface area contributed by atoms with Crippen LogP contribution >= 0.6 is 23.2 Å². The van der Waals surface area contributed by atoms with E-state index in [4.69, 9.17) is 42.0 Å². The minimum Gasteiger partial charge on any atom is -0.488 e. The van der Waals surface area contributed by atoms with E-state index >= 15 is 0 Å². The summed E-state index contributed by atoms with van der Waals surface area (Å²) in [5, 5.41) is 21.4. The predicted octanol–water partition coefficient (Wildman–Crippen LogP) is 6.37. The average molecular weight is 623 g/mol. The number of esters is 1. The molecule has 1 heterocycles. The van der Waals surface area contributed by atoms with Crippen molar-refractivity contribution < 1.29 is 28.7 Å². The number of aliphatic hydroxyl groups excluding tert-OH is 1. The van der Waals surface area contributed by atoms with Gasteiger partial charge in [0.25, 0.3) is 0 Å². The smallest absolute Gasteiger partial charge is 0.325 e. The number of carbonyl (C=O) groups excluding carboxylic acids is 1. The highest BCUT2D eigenvalue weighted by molar-refractivity contribution is 6.34. The Morgan fingerprint density at radius 2 is 1.70 bits per heavy atom. The van der Waals surface area contributed by atoms with Crippen molar-refractivity contribution in [3.8, 4) is 22.6 Å². The fraction of sp³-hybridized carbons (Fsp3) is 0.219. The van der Waals surface area contributed by atoms with Gasteiger partial charge < -0.3 is 19.3 Å². The number of nitrogens with one attached hydrogen (secondary N) is 1. The minimum atomic E-state index is -0.913. The molecule has 0 aliphatic rings. The van der Waals surface area contributed by atoms with Crippen LogP contribution in [-0.4, -0.2) is 40.6 Å². The highest BCUT2D eigenvalue weighted by Gasteiger charge is 2.20. The molecule has 0 radical (unpaired) electrons. The minimum absolute atomic E-state index is 0.163. The lowest BCUT2D eigenvalue weighted by Crippen LogP contribution is -2.40. The molecule has 0 amide bonds. The molecule has 0 saturated heterocycles. The second-order valence-electron chi connectivity index (χ2n) is 9.57. The first-order valence-corrected chi connectivity index (χ1v) is 14.3. The summed E-state index contributed by atoms with van der Waals surface area (Å²) >= 11 is 13.4. The number of rotatable bonds is 13. The molecule has 9 nitrogen and oxygen atoms in total. The zero-order valence-corrected chi connectivity index (χ0v) is 24.8. The zero-order valence-electron chi connectivity index (χ0n) is 23.3. The van der Waals surface area contributed by atoms with Gasteiger partial charge in [-0.2, -0.15) is 0 Å². The number of fused-ring (bicyclic) bond motifs is 1. The predicted molar refractivity (Wildman–Crippen MR) is 163 cm³/mol. The van der Waals surface area contributed by atoms with Crippen LogP contribution in [-0.2, 0) is 29.3 Å². The molecule has 0 aliphatic heterocycles. The number of aliphatic hydroxyl groups is 1. The normalized spacial score (nSPS) is 11.8. The summed E-state index contributed by atoms with van der Waals surface area (Å²) < 4.78 is 22.2. The van der Waals surface area contributed by atoms with Crippen molar-refractivity contribution in [2.45, 2.75) is 32.7 Å². The monoisotopic (exact) mass is 621 g/mol. The largest absolute Gasteiger partial charge is 0.488 e. The molecule has 0 bridgehead atoms. The Morgan fingerprint density at radius 3 is 2.49 bits per heavy atom. The topological polar surface area (TPSA) is 116 Å². The molecular weight excluding hydrogens is 593 g/mol. The third kappa shape index (κ3) is 7.44. The van der Waals surface area contributed by atoms with Crippen LogP contribution in [0.4, 0.5) is 0 Å². The lowest BCUT2D eigenvalue weighted by Gasteiger charge is -2.19. The van der Waals surface area contributed by atoms with E-state index in [1.165, 1.54) is 0 Å². The van der Waals surface area contributed by atoms with E-state index in [1.807, 2.05) is 60.7 Å². The second kappa shape index (κ2) is 14.3. The highest BCUT2D eigenvalue weighted by Crippen LogP contribution is 2.36. The Labute approximate surface area is 258 Å². The van der Waals surface area contributed by atoms with Crippen LogP contribution in [0.25, 0.3) is 22.2 Å². The quantitative estimate of drug-likeness (QED) is 0.145. The van der Waals surface area contributed by atoms with Crippen LogP contribution in [0.15, 0.2) is 83.5 Å². The van der Waals surface area contributed by atoms with Gasteiger partial charge in [-0.15, -0.1) is 0 Å². The molecular formula is C32H29Cl2N3O6. The van der Waals surface area contributed by atoms with Gasteiger partial charge in [0.15, 0.2) is 0 Å². The highest BCUT2D eigenvalue weighted by atomic mass is 35.5. The van der Waals surface area contributed by atoms with Gasteiger partial charge in [0.1, 0.15) is 41.8 Å². The summed E-state index contributed by atoms with van der Waals surface area (Å²) in [6.45, 7) is 2.00. The molecule has 1 atom stereocenters. The van der Waals surface area contributed by atoms with Gasteiger partial charge in [-0.05, 0) is 46.6 Å². The van der Waals surface area contributed by atoms with E-state index in [-0.39, 0.29) is 26.4 Å². The molecule has 0 fully saturated rings. The van der Waals surface area contributed by atoms with Gasteiger partial charge in [0.05, 0.1) is 23.3 Å². The molecule has 0 aliphatic carbocycles. The van der Waals surface area contributed by atoms with Gasteiger partial charge in [-0.25, -0.2) is 4.63 Å². The lowest BCUT2D eigenvalue weighted by atomic mass is 10.0. The molecule has 1 aromatic heterocycles. The van der Waals surface area contributed by atoms with Gasteiger partial charge in [0, 0.05) is 29.3 Å². The zero-order chi connectivity index (χ0) is 30.2. The molecule has 5 aromatic rings. The van der Waals surface area contributed by atoms with Gasteiger partial charge >= 0.3 is 5.97 Å². The summed E-state index contributed by atoms with van der Waals surface area (Å²) in [6.07, 6.45) is 0. The Kier molecular flexibility index (Phi) is 10.1. The standard InChI is InChI=1S/C32H29Cl2N3O6/c1-2-40-32(39)28(17-38)35-16-23-14-25(33)30(15-29(23)41-18-20-11-12-26-27(13-20)37-43-36-26)42-19-22-9-6-10-24(31(22)34)21-7-4-3-5-8-21/h3-15,28,35,38H,2,16-19H2,1H3/t28-/m1/s1. The van der Waals surface area contributed by atoms with Crippen molar-refractivity contribution in [3.63, 3.8) is 0 Å². The summed E-state index contributed by atoms with van der Waals surface area (Å²) in [5.41, 5.74) is 5.43. The molecule has 0 saturated carbocycles. The van der Waals surface area contributed by atoms with Gasteiger partial charge in [-0.3, -0.25) is 10.1 Å². The van der Waals surface area contributed by atoms with E-state index in [1.54, 1.807) is 25.1 Å². The van der Waals surface area contributed by atoms with Gasteiger partial charge in [-0.1, -0.05) is 77.8 Å². The number of hydrogen-bond acceptors (Lipinski definition) is 9. The number of ether oxygens (including phenoxy) is 3. The first-order valence-electron chi connectivity index (χ1n) is 13.6. The van der Waals surface area contributed by atoms with E-state index < -0.39 is 18.6 Å². The Bertz CT molecular complexity index is 1700. The van der Waals surface area contributed by atoms with Gasteiger partial charge in [0.2, 0.25) is 0 Å². The van der Waals surface area contributed by atoms with E-state index in [9.17, 15) is 9.90 Å². The van der Waals surface area contributed by atoms with Crippen LogP contribution < -0.4 is 14.8 Å². The first kappa shape index (κ1) is 30.3. The average Bonchev–Trinajstić information content (AvgIpc) is 3.49.